The number of nitrogens with zero attached hydrogens (tertiary/aromatic N) is 1. The molecule has 1 saturated heterocycles. The van der Waals surface area contributed by atoms with Crippen LogP contribution < -0.4 is 4.74 Å². The number of ketones is 1. The summed E-state index contributed by atoms with van der Waals surface area (Å²) < 4.78 is 59.8. The first-order valence-corrected chi connectivity index (χ1v) is 7.89. The number of Topliss-reactive ketones (excluding diaryl/α,β-unsaturated/α-hetero) is 1. The number of benzene rings is 1. The molecule has 1 fully saturated rings. The van der Waals surface area contributed by atoms with E-state index in [0.717, 1.165) is 6.92 Å². The molecule has 0 aromatic heterocycles. The van der Waals surface area contributed by atoms with Gasteiger partial charge in [0.2, 0.25) is 0 Å². The molecule has 2 N–H and O–H groups in total. The molecule has 6 atom stereocenters. The van der Waals surface area contributed by atoms with Crippen molar-refractivity contribution in [3.63, 3.8) is 0 Å². The topological polar surface area (TPSA) is 70.0 Å². The van der Waals surface area contributed by atoms with Gasteiger partial charge in [0.15, 0.2) is 22.9 Å². The van der Waals surface area contributed by atoms with Crippen molar-refractivity contribution in [2.45, 2.75) is 42.9 Å². The van der Waals surface area contributed by atoms with Gasteiger partial charge in [0.1, 0.15) is 6.08 Å². The normalized spacial score (nSPS) is 58.4. The highest BCUT2D eigenvalue weighted by molar-refractivity contribution is 5.89. The average Bonchev–Trinajstić information content (AvgIpc) is 2.98. The summed E-state index contributed by atoms with van der Waals surface area (Å²) in [5, 5.41) is 21.9. The fourth-order valence-electron chi connectivity index (χ4n) is 4.36. The Morgan fingerprint density at radius 2 is 2.38 bits per heavy atom. The number of aliphatic hydroxyl groups is 1. The Hall–Kier alpha value is -1.85. The molecule has 2 aliphatic heterocycles. The van der Waals surface area contributed by atoms with Crippen LogP contribution in [-0.2, 0) is 16.6 Å². The van der Waals surface area contributed by atoms with Crippen molar-refractivity contribution >= 4 is 5.78 Å². The number of phenolic OH excluding ortho intramolecular Hbond substituents is 1. The van der Waals surface area contributed by atoms with Crippen molar-refractivity contribution in [1.82, 2.24) is 4.90 Å². The third-order valence-corrected chi connectivity index (χ3v) is 5.60. The maximum atomic E-state index is 12.6. The van der Waals surface area contributed by atoms with Gasteiger partial charge in [0.25, 0.3) is 0 Å². The molecular formula is C19H21NO4. The minimum atomic E-state index is -2.89. The Kier molecular flexibility index (Phi) is 1.68. The van der Waals surface area contributed by atoms with E-state index in [1.807, 2.05) is 0 Å². The first-order valence-electron chi connectivity index (χ1n) is 11.0. The van der Waals surface area contributed by atoms with Gasteiger partial charge in [-0.2, -0.15) is 0 Å². The summed E-state index contributed by atoms with van der Waals surface area (Å²) >= 11 is 0. The highest BCUT2D eigenvalue weighted by Crippen LogP contribution is 2.63. The average molecular weight is 333 g/mol. The Balaban J connectivity index is 2.07. The standard InChI is InChI=1S/C19H21NO4/c1-10(21)19(23)6-5-12-13-9-11-3-4-14(22)16-15(11)18(12,17(19)24-16)7-8-20(13)2/h3-6,12-13,17,22-23H,7-9H2,1-2H3/t12-,13+,17+,18-,19+/m0/s1/i5D,6D,9D,12D,13D,17D/t9?,12-,13+,17+,18-,19+. The first-order chi connectivity index (χ1) is 13.8. The van der Waals surface area contributed by atoms with Crippen molar-refractivity contribution < 1.29 is 28.0 Å². The van der Waals surface area contributed by atoms with Crippen molar-refractivity contribution in [1.29, 1.82) is 0 Å². The van der Waals surface area contributed by atoms with E-state index in [2.05, 4.69) is 0 Å². The van der Waals surface area contributed by atoms with Crippen LogP contribution >= 0.6 is 0 Å². The summed E-state index contributed by atoms with van der Waals surface area (Å²) in [4.78, 5) is 14.1. The Morgan fingerprint density at radius 1 is 1.58 bits per heavy atom. The molecule has 24 heavy (non-hydrogen) atoms. The molecule has 1 spiro atoms. The van der Waals surface area contributed by atoms with Crippen LogP contribution in [0.5, 0.6) is 11.5 Å². The summed E-state index contributed by atoms with van der Waals surface area (Å²) in [7, 11) is 1.55. The van der Waals surface area contributed by atoms with E-state index >= 15 is 0 Å². The van der Waals surface area contributed by atoms with E-state index in [1.54, 1.807) is 7.05 Å². The lowest BCUT2D eigenvalue weighted by Gasteiger charge is -2.58. The van der Waals surface area contributed by atoms with E-state index in [4.69, 9.17) is 8.85 Å². The number of piperidine rings is 1. The van der Waals surface area contributed by atoms with E-state index in [-0.39, 0.29) is 35.6 Å². The number of phenols is 1. The Bertz CT molecular complexity index is 1080. The predicted molar refractivity (Wildman–Crippen MR) is 87.2 cm³/mol. The molecule has 2 aliphatic carbocycles. The van der Waals surface area contributed by atoms with E-state index in [9.17, 15) is 19.1 Å². The summed E-state index contributed by atoms with van der Waals surface area (Å²) in [5.74, 6) is -4.00. The molecule has 2 heterocycles. The van der Waals surface area contributed by atoms with Gasteiger partial charge in [-0.3, -0.25) is 4.79 Å². The predicted octanol–water partition coefficient (Wildman–Crippen LogP) is 1.16. The van der Waals surface area contributed by atoms with Gasteiger partial charge in [-0.25, -0.2) is 0 Å². The second-order valence-electron chi connectivity index (χ2n) is 6.81. The Morgan fingerprint density at radius 3 is 3.12 bits per heavy atom. The van der Waals surface area contributed by atoms with Gasteiger partial charge in [-0.15, -0.1) is 0 Å². The molecule has 0 amide bonds. The summed E-state index contributed by atoms with van der Waals surface area (Å²) in [6.45, 7) is 1.12. The molecule has 5 heteroatoms. The number of hydrogen-bond donors (Lipinski definition) is 2. The summed E-state index contributed by atoms with van der Waals surface area (Å²) in [6.07, 6.45) is -4.09. The third kappa shape index (κ3) is 1.38. The molecule has 2 bridgehead atoms. The molecule has 1 aromatic rings. The molecule has 0 saturated carbocycles. The van der Waals surface area contributed by atoms with E-state index < -0.39 is 53.3 Å². The van der Waals surface area contributed by atoms with Gasteiger partial charge in [0.05, 0.1) is 4.11 Å². The van der Waals surface area contributed by atoms with Crippen molar-refractivity contribution in [2.24, 2.45) is 5.89 Å². The monoisotopic (exact) mass is 333 g/mol. The van der Waals surface area contributed by atoms with Crippen LogP contribution in [0.25, 0.3) is 0 Å². The molecule has 4 aliphatic rings. The fraction of sp³-hybridized carbons (Fsp3) is 0.526. The number of likely N-dealkylation sites (N-methyl/N-ethyl adjacent to an activating group) is 1. The van der Waals surface area contributed by atoms with Crippen LogP contribution in [0, 0.1) is 5.89 Å². The number of hydrogen-bond acceptors (Lipinski definition) is 5. The van der Waals surface area contributed by atoms with Crippen LogP contribution in [0.3, 0.4) is 0 Å². The minimum absolute atomic E-state index is 0.0431. The van der Waals surface area contributed by atoms with Crippen LogP contribution in [0.1, 0.15) is 32.7 Å². The second-order valence-corrected chi connectivity index (χ2v) is 6.81. The lowest BCUT2D eigenvalue weighted by molar-refractivity contribution is -0.148. The van der Waals surface area contributed by atoms with Crippen LogP contribution in [0.4, 0.5) is 0 Å². The lowest BCUT2D eigenvalue weighted by atomic mass is 9.51. The van der Waals surface area contributed by atoms with E-state index in [0.29, 0.717) is 0 Å². The van der Waals surface area contributed by atoms with Crippen LogP contribution in [0.2, 0.25) is 0 Å². The molecule has 5 rings (SSSR count). The number of carbonyl (C=O) groups is 1. The zero-order valence-electron chi connectivity index (χ0n) is 19.3. The van der Waals surface area contributed by atoms with Gasteiger partial charge in [0, 0.05) is 27.0 Å². The van der Waals surface area contributed by atoms with Crippen molar-refractivity contribution in [3.8, 4) is 11.5 Å². The van der Waals surface area contributed by atoms with Crippen LogP contribution in [0.15, 0.2) is 24.2 Å². The molecule has 0 radical (unpaired) electrons. The highest BCUT2D eigenvalue weighted by Gasteiger charge is 2.68. The molecule has 5 nitrogen and oxygen atoms in total. The molecular weight excluding hydrogens is 306 g/mol. The quantitative estimate of drug-likeness (QED) is 0.755. The SMILES string of the molecule is [2H]C1=C([2H])[C@]2([2H])[C@@]34CCN(C)[C@]2([2H])C([2H])c2ccc(O)c(c23)O[C@@]4([2H])[C@]1(O)C(C)=O. The smallest absolute Gasteiger partial charge is 0.178 e. The third-order valence-electron chi connectivity index (χ3n) is 5.60. The van der Waals surface area contributed by atoms with Crippen molar-refractivity contribution in [2.75, 3.05) is 13.6 Å². The van der Waals surface area contributed by atoms with Crippen LogP contribution in [-0.4, -0.2) is 52.2 Å². The minimum Gasteiger partial charge on any atom is -0.504 e. The molecule has 126 valence electrons. The van der Waals surface area contributed by atoms with Gasteiger partial charge in [-0.1, -0.05) is 12.1 Å². The number of carbonyl (C=O) groups excluding carboxylic acids is 1. The largest absolute Gasteiger partial charge is 0.504 e. The second kappa shape index (κ2) is 4.21. The molecule has 1 aromatic carbocycles. The lowest BCUT2D eigenvalue weighted by Crippen LogP contribution is -2.69. The van der Waals surface area contributed by atoms with Crippen molar-refractivity contribution in [3.05, 3.63) is 35.4 Å². The zero-order chi connectivity index (χ0) is 22.2. The summed E-state index contributed by atoms with van der Waals surface area (Å²) in [6, 6.07) is -1.18. The Labute approximate surface area is 149 Å². The van der Waals surface area contributed by atoms with E-state index in [1.165, 1.54) is 17.0 Å². The number of likely N-dealkylation sites (tertiary alicyclic amines) is 1. The fourth-order valence-corrected chi connectivity index (χ4v) is 4.36. The number of rotatable bonds is 1. The summed E-state index contributed by atoms with van der Waals surface area (Å²) in [5.41, 5.74) is -4.45. The number of aromatic hydroxyl groups is 1. The maximum Gasteiger partial charge on any atom is 0.178 e. The maximum absolute atomic E-state index is 12.6. The van der Waals surface area contributed by atoms with Gasteiger partial charge < -0.3 is 19.8 Å². The highest BCUT2D eigenvalue weighted by atomic mass is 16.5. The van der Waals surface area contributed by atoms with Gasteiger partial charge in [-0.05, 0) is 51.0 Å². The van der Waals surface area contributed by atoms with Gasteiger partial charge >= 0.3 is 0 Å². The number of ether oxygens (including phenoxy) is 1. The zero-order valence-corrected chi connectivity index (χ0v) is 13.3. The first kappa shape index (κ1) is 9.59. The molecule has 1 unspecified atom stereocenters.